The molecule has 1 aliphatic rings. The van der Waals surface area contributed by atoms with Crippen LogP contribution in [0.4, 0.5) is 0 Å². The lowest BCUT2D eigenvalue weighted by Gasteiger charge is -2.39. The Kier molecular flexibility index (Phi) is 8.51. The minimum atomic E-state index is -1.80. The molecule has 5 atom stereocenters. The van der Waals surface area contributed by atoms with E-state index in [-0.39, 0.29) is 17.2 Å². The fraction of sp³-hybridized carbons (Fsp3) is 0.250. The van der Waals surface area contributed by atoms with Crippen LogP contribution < -0.4 is 0 Å². The van der Waals surface area contributed by atoms with Crippen molar-refractivity contribution in [3.05, 3.63) is 59.7 Å². The molecule has 1 aliphatic heterocycles. The molecule has 192 valence electrons. The predicted octanol–water partition coefficient (Wildman–Crippen LogP) is 0.130. The maximum absolute atomic E-state index is 12.1. The molecule has 7 N–H and O–H groups in total. The number of phenolic OH excluding ortho intramolecular Hbond substituents is 4. The Balaban J connectivity index is 1.57. The molecule has 0 unspecified atom stereocenters. The highest BCUT2D eigenvalue weighted by molar-refractivity contribution is 5.87. The summed E-state index contributed by atoms with van der Waals surface area (Å²) in [6.45, 7) is -0.564. The van der Waals surface area contributed by atoms with Crippen LogP contribution in [0.3, 0.4) is 0 Å². The van der Waals surface area contributed by atoms with E-state index < -0.39 is 55.0 Å². The lowest BCUT2D eigenvalue weighted by molar-refractivity contribution is -0.291. The molecular weight excluding hydrogens is 480 g/mol. The number of benzene rings is 2. The zero-order valence-electron chi connectivity index (χ0n) is 18.5. The molecule has 3 rings (SSSR count). The molecule has 1 fully saturated rings. The Morgan fingerprint density at radius 2 is 1.28 bits per heavy atom. The number of phenols is 4. The molecule has 1 heterocycles. The average Bonchev–Trinajstić information content (AvgIpc) is 2.85. The molecule has 0 aliphatic carbocycles. The van der Waals surface area contributed by atoms with Crippen molar-refractivity contribution >= 4 is 24.1 Å². The third-order valence-electron chi connectivity index (χ3n) is 5.11. The minimum absolute atomic E-state index is 0.329. The van der Waals surface area contributed by atoms with E-state index in [0.29, 0.717) is 11.1 Å². The lowest BCUT2D eigenvalue weighted by atomic mass is 9.99. The van der Waals surface area contributed by atoms with E-state index in [2.05, 4.69) is 0 Å². The molecular formula is C24H24O12. The number of carbonyl (C=O) groups excluding carboxylic acids is 2. The molecule has 0 amide bonds. The largest absolute Gasteiger partial charge is 0.504 e. The number of esters is 2. The van der Waals surface area contributed by atoms with Gasteiger partial charge >= 0.3 is 11.9 Å². The van der Waals surface area contributed by atoms with Gasteiger partial charge in [-0.25, -0.2) is 9.59 Å². The fourth-order valence-corrected chi connectivity index (χ4v) is 3.13. The van der Waals surface area contributed by atoms with Crippen LogP contribution in [-0.2, 0) is 23.8 Å². The van der Waals surface area contributed by atoms with Gasteiger partial charge in [-0.2, -0.15) is 0 Å². The Morgan fingerprint density at radius 3 is 1.81 bits per heavy atom. The first kappa shape index (κ1) is 26.5. The molecule has 0 radical (unpaired) electrons. The monoisotopic (exact) mass is 504 g/mol. The topological polar surface area (TPSA) is 203 Å². The maximum atomic E-state index is 12.1. The van der Waals surface area contributed by atoms with Crippen LogP contribution in [-0.4, -0.2) is 85.0 Å². The Hall–Kier alpha value is -4.10. The van der Waals surface area contributed by atoms with Gasteiger partial charge in [0.25, 0.3) is 0 Å². The van der Waals surface area contributed by atoms with Crippen LogP contribution in [0.25, 0.3) is 12.2 Å². The van der Waals surface area contributed by atoms with Crippen molar-refractivity contribution in [1.29, 1.82) is 0 Å². The average molecular weight is 504 g/mol. The first-order valence-corrected chi connectivity index (χ1v) is 10.5. The molecule has 36 heavy (non-hydrogen) atoms. The van der Waals surface area contributed by atoms with Crippen molar-refractivity contribution in [1.82, 2.24) is 0 Å². The van der Waals surface area contributed by atoms with Gasteiger partial charge in [0.05, 0.1) is 0 Å². The summed E-state index contributed by atoms with van der Waals surface area (Å²) in [7, 11) is 0. The molecule has 12 heteroatoms. The van der Waals surface area contributed by atoms with E-state index in [1.54, 1.807) is 0 Å². The second-order valence-corrected chi connectivity index (χ2v) is 7.74. The third-order valence-corrected chi connectivity index (χ3v) is 5.11. The van der Waals surface area contributed by atoms with Gasteiger partial charge in [0, 0.05) is 12.2 Å². The zero-order chi connectivity index (χ0) is 26.4. The zero-order valence-corrected chi connectivity index (χ0v) is 18.5. The number of ether oxygens (including phenoxy) is 3. The standard InChI is InChI=1S/C24H24O12/c25-14-5-1-12(9-16(14)27)3-7-19(29)34-11-18-21(31)22(32)23(33)24(35-18)36-20(30)8-4-13-2-6-15(26)17(28)10-13/h1-10,18,21-28,31-33H,11H2/b7-3+,8-4-/t18-,21-,22+,23-,24+/m1/s1. The minimum Gasteiger partial charge on any atom is -0.504 e. The molecule has 1 saturated heterocycles. The molecule has 0 spiro atoms. The molecule has 12 nitrogen and oxygen atoms in total. The van der Waals surface area contributed by atoms with Crippen molar-refractivity contribution in [2.24, 2.45) is 0 Å². The number of hydrogen-bond acceptors (Lipinski definition) is 12. The number of aliphatic hydroxyl groups is 3. The third kappa shape index (κ3) is 6.73. The number of aromatic hydroxyl groups is 4. The number of aliphatic hydroxyl groups excluding tert-OH is 3. The fourth-order valence-electron chi connectivity index (χ4n) is 3.13. The molecule has 2 aromatic rings. The number of hydrogen-bond donors (Lipinski definition) is 7. The van der Waals surface area contributed by atoms with Gasteiger partial charge in [-0.1, -0.05) is 12.1 Å². The van der Waals surface area contributed by atoms with Crippen LogP contribution in [0.15, 0.2) is 48.6 Å². The highest BCUT2D eigenvalue weighted by Gasteiger charge is 2.45. The summed E-state index contributed by atoms with van der Waals surface area (Å²) in [5.41, 5.74) is 0.737. The van der Waals surface area contributed by atoms with E-state index in [1.807, 2.05) is 0 Å². The summed E-state index contributed by atoms with van der Waals surface area (Å²) < 4.78 is 15.3. The van der Waals surface area contributed by atoms with E-state index in [1.165, 1.54) is 48.6 Å². The summed E-state index contributed by atoms with van der Waals surface area (Å²) in [6, 6.07) is 7.68. The van der Waals surface area contributed by atoms with Crippen molar-refractivity contribution in [3.8, 4) is 23.0 Å². The first-order chi connectivity index (χ1) is 17.0. The van der Waals surface area contributed by atoms with Gasteiger partial charge in [-0.3, -0.25) is 0 Å². The van der Waals surface area contributed by atoms with Gasteiger partial charge < -0.3 is 50.0 Å². The lowest BCUT2D eigenvalue weighted by Crippen LogP contribution is -2.59. The van der Waals surface area contributed by atoms with Gasteiger partial charge in [0.2, 0.25) is 6.29 Å². The quantitative estimate of drug-likeness (QED) is 0.153. The highest BCUT2D eigenvalue weighted by Crippen LogP contribution is 2.27. The summed E-state index contributed by atoms with van der Waals surface area (Å²) in [5.74, 6) is -3.32. The van der Waals surface area contributed by atoms with Crippen LogP contribution in [0.1, 0.15) is 11.1 Å². The highest BCUT2D eigenvalue weighted by atomic mass is 16.7. The second kappa shape index (κ2) is 11.6. The first-order valence-electron chi connectivity index (χ1n) is 10.5. The summed E-state index contributed by atoms with van der Waals surface area (Å²) in [4.78, 5) is 24.1. The summed E-state index contributed by atoms with van der Waals surface area (Å²) in [6.07, 6.45) is -3.81. The molecule has 0 saturated carbocycles. The van der Waals surface area contributed by atoms with Gasteiger partial charge in [-0.15, -0.1) is 0 Å². The van der Waals surface area contributed by atoms with Crippen molar-refractivity contribution < 1.29 is 59.5 Å². The van der Waals surface area contributed by atoms with Crippen LogP contribution >= 0.6 is 0 Å². The normalized spacial score (nSPS) is 24.1. The summed E-state index contributed by atoms with van der Waals surface area (Å²) >= 11 is 0. The maximum Gasteiger partial charge on any atom is 0.333 e. The van der Waals surface area contributed by atoms with E-state index in [4.69, 9.17) is 14.2 Å². The second-order valence-electron chi connectivity index (χ2n) is 7.74. The number of rotatable bonds is 7. The van der Waals surface area contributed by atoms with Crippen molar-refractivity contribution in [3.63, 3.8) is 0 Å². The van der Waals surface area contributed by atoms with Crippen LogP contribution in [0.2, 0.25) is 0 Å². The Labute approximate surface area is 204 Å². The van der Waals surface area contributed by atoms with E-state index >= 15 is 0 Å². The van der Waals surface area contributed by atoms with Crippen molar-refractivity contribution in [2.75, 3.05) is 6.61 Å². The Morgan fingerprint density at radius 1 is 0.750 bits per heavy atom. The van der Waals surface area contributed by atoms with E-state index in [0.717, 1.165) is 12.2 Å². The smallest absolute Gasteiger partial charge is 0.333 e. The number of carbonyl (C=O) groups is 2. The van der Waals surface area contributed by atoms with Gasteiger partial charge in [0.15, 0.2) is 23.0 Å². The molecule has 2 aromatic carbocycles. The van der Waals surface area contributed by atoms with Gasteiger partial charge in [-0.05, 0) is 47.5 Å². The van der Waals surface area contributed by atoms with Crippen molar-refractivity contribution in [2.45, 2.75) is 30.7 Å². The van der Waals surface area contributed by atoms with Crippen LogP contribution in [0.5, 0.6) is 23.0 Å². The predicted molar refractivity (Wildman–Crippen MR) is 121 cm³/mol. The SMILES string of the molecule is O=C(/C=C\c1ccc(O)c(O)c1)O[C@@H]1O[C@H](COC(=O)/C=C/c2ccc(O)c(O)c2)[C@@H](O)[C@H](O)[C@H]1O. The molecule has 0 bridgehead atoms. The summed E-state index contributed by atoms with van der Waals surface area (Å²) in [5, 5.41) is 67.9. The van der Waals surface area contributed by atoms with Gasteiger partial charge in [0.1, 0.15) is 31.0 Å². The Bertz CT molecular complexity index is 1160. The van der Waals surface area contributed by atoms with E-state index in [9.17, 15) is 45.3 Å². The van der Waals surface area contributed by atoms with Crippen LogP contribution in [0, 0.1) is 0 Å². The molecule has 0 aromatic heterocycles.